The molecule has 1 unspecified atom stereocenters. The van der Waals surface area contributed by atoms with Crippen LogP contribution in [0.15, 0.2) is 0 Å². The largest absolute Gasteiger partial charge is 0.463 e. The molecular weight excluding hydrogens is 223 g/mol. The Morgan fingerprint density at radius 1 is 1.29 bits per heavy atom. The predicted molar refractivity (Wildman–Crippen MR) is 63.2 cm³/mol. The molecule has 0 aromatic heterocycles. The van der Waals surface area contributed by atoms with E-state index in [9.17, 15) is 9.59 Å². The molecule has 1 aliphatic rings. The number of esters is 2. The van der Waals surface area contributed by atoms with Crippen LogP contribution in [0.5, 0.6) is 0 Å². The van der Waals surface area contributed by atoms with E-state index >= 15 is 0 Å². The molecule has 0 spiro atoms. The number of hydrogen-bond acceptors (Lipinski definition) is 5. The van der Waals surface area contributed by atoms with Gasteiger partial charge in [0.25, 0.3) is 0 Å². The first kappa shape index (κ1) is 14.0. The van der Waals surface area contributed by atoms with Gasteiger partial charge in [0.2, 0.25) is 0 Å². The molecule has 0 amide bonds. The van der Waals surface area contributed by atoms with Gasteiger partial charge in [-0.3, -0.25) is 9.59 Å². The molecule has 3 atom stereocenters. The minimum atomic E-state index is -0.337. The molecule has 1 aliphatic heterocycles. The van der Waals surface area contributed by atoms with Crippen LogP contribution in [0.2, 0.25) is 0 Å². The van der Waals surface area contributed by atoms with Crippen molar-refractivity contribution in [3.05, 3.63) is 0 Å². The van der Waals surface area contributed by atoms with E-state index in [-0.39, 0.29) is 36.8 Å². The van der Waals surface area contributed by atoms with Crippen molar-refractivity contribution in [2.75, 3.05) is 6.61 Å². The standard InChI is InChI=1S/C11H19BO5/c1-3-10(13)15-6-8-7(5-9(12)16-8)17-11(14)4-2/h7-9H,3-6,12H2,1-2H3/t7?,8-,9-/m0/s1. The average Bonchev–Trinajstić information content (AvgIpc) is 2.66. The smallest absolute Gasteiger partial charge is 0.305 e. The lowest BCUT2D eigenvalue weighted by molar-refractivity contribution is -0.156. The highest BCUT2D eigenvalue weighted by Gasteiger charge is 2.36. The van der Waals surface area contributed by atoms with Crippen LogP contribution < -0.4 is 0 Å². The molecule has 0 aliphatic carbocycles. The molecule has 1 saturated heterocycles. The molecule has 1 fully saturated rings. The van der Waals surface area contributed by atoms with Crippen LogP contribution in [0, 0.1) is 0 Å². The minimum Gasteiger partial charge on any atom is -0.463 e. The first-order valence-corrected chi connectivity index (χ1v) is 6.07. The number of ether oxygens (including phenoxy) is 3. The second-order valence-electron chi connectivity index (χ2n) is 4.14. The van der Waals surface area contributed by atoms with Crippen LogP contribution in [0.1, 0.15) is 33.1 Å². The maximum absolute atomic E-state index is 11.2. The lowest BCUT2D eigenvalue weighted by Gasteiger charge is -2.18. The molecule has 1 rings (SSSR count). The summed E-state index contributed by atoms with van der Waals surface area (Å²) in [6, 6.07) is 0.0231. The molecule has 0 bridgehead atoms. The van der Waals surface area contributed by atoms with Gasteiger partial charge in [-0.05, 0) is 0 Å². The lowest BCUT2D eigenvalue weighted by atomic mass is 9.96. The van der Waals surface area contributed by atoms with Crippen molar-refractivity contribution in [2.45, 2.75) is 51.3 Å². The third kappa shape index (κ3) is 4.38. The Morgan fingerprint density at radius 3 is 2.53 bits per heavy atom. The van der Waals surface area contributed by atoms with E-state index in [4.69, 9.17) is 14.2 Å². The van der Waals surface area contributed by atoms with E-state index in [0.29, 0.717) is 19.3 Å². The Morgan fingerprint density at radius 2 is 1.94 bits per heavy atom. The molecule has 0 N–H and O–H groups in total. The normalized spacial score (nSPS) is 27.8. The minimum absolute atomic E-state index is 0.0231. The third-order valence-corrected chi connectivity index (χ3v) is 2.65. The second-order valence-corrected chi connectivity index (χ2v) is 4.14. The van der Waals surface area contributed by atoms with E-state index in [1.807, 2.05) is 7.85 Å². The fourth-order valence-electron chi connectivity index (χ4n) is 1.72. The van der Waals surface area contributed by atoms with Crippen LogP contribution in [0.3, 0.4) is 0 Å². The van der Waals surface area contributed by atoms with Gasteiger partial charge < -0.3 is 14.2 Å². The van der Waals surface area contributed by atoms with Gasteiger partial charge in [-0.1, -0.05) is 13.8 Å². The van der Waals surface area contributed by atoms with Crippen LogP contribution >= 0.6 is 0 Å². The summed E-state index contributed by atoms with van der Waals surface area (Å²) in [5, 5.41) is 0. The quantitative estimate of drug-likeness (QED) is 0.502. The molecular formula is C11H19BO5. The van der Waals surface area contributed by atoms with Crippen LogP contribution in [0.4, 0.5) is 0 Å². The molecule has 5 nitrogen and oxygen atoms in total. The van der Waals surface area contributed by atoms with Gasteiger partial charge in [-0.15, -0.1) is 0 Å². The van der Waals surface area contributed by atoms with Gasteiger partial charge in [0.05, 0.1) is 0 Å². The summed E-state index contributed by atoms with van der Waals surface area (Å²) in [5.74, 6) is -0.520. The van der Waals surface area contributed by atoms with Gasteiger partial charge in [0.1, 0.15) is 26.7 Å². The van der Waals surface area contributed by atoms with E-state index < -0.39 is 0 Å². The highest BCUT2D eigenvalue weighted by molar-refractivity contribution is 6.11. The van der Waals surface area contributed by atoms with Crippen molar-refractivity contribution >= 4 is 19.8 Å². The van der Waals surface area contributed by atoms with Crippen LogP contribution in [-0.4, -0.2) is 44.6 Å². The van der Waals surface area contributed by atoms with Crippen molar-refractivity contribution < 1.29 is 23.8 Å². The van der Waals surface area contributed by atoms with E-state index in [2.05, 4.69) is 0 Å². The molecule has 0 radical (unpaired) electrons. The third-order valence-electron chi connectivity index (χ3n) is 2.65. The van der Waals surface area contributed by atoms with Crippen LogP contribution in [0.25, 0.3) is 0 Å². The summed E-state index contributed by atoms with van der Waals surface area (Å²) in [4.78, 5) is 22.3. The number of carbonyl (C=O) groups is 2. The average molecular weight is 242 g/mol. The molecule has 0 saturated carbocycles. The number of hydrogen-bond donors (Lipinski definition) is 0. The maximum atomic E-state index is 11.2. The van der Waals surface area contributed by atoms with Crippen molar-refractivity contribution in [3.8, 4) is 0 Å². The monoisotopic (exact) mass is 242 g/mol. The summed E-state index contributed by atoms with van der Waals surface area (Å²) in [5.41, 5.74) is 0. The summed E-state index contributed by atoms with van der Waals surface area (Å²) < 4.78 is 15.8. The SMILES string of the molecule is B[C@@H]1CC(OC(=O)CC)[C@H](COC(=O)CC)O1. The molecule has 1 heterocycles. The zero-order valence-electron chi connectivity index (χ0n) is 10.6. The summed E-state index contributed by atoms with van der Waals surface area (Å²) in [6.07, 6.45) is 0.687. The van der Waals surface area contributed by atoms with Crippen molar-refractivity contribution in [1.29, 1.82) is 0 Å². The predicted octanol–water partition coefficient (Wildman–Crippen LogP) is 0.00950. The molecule has 6 heteroatoms. The van der Waals surface area contributed by atoms with Gasteiger partial charge in [0, 0.05) is 25.3 Å². The molecule has 96 valence electrons. The fraction of sp³-hybridized carbons (Fsp3) is 0.818. The summed E-state index contributed by atoms with van der Waals surface area (Å²) in [7, 11) is 1.91. The second kappa shape index (κ2) is 6.64. The summed E-state index contributed by atoms with van der Waals surface area (Å²) in [6.45, 7) is 3.63. The topological polar surface area (TPSA) is 61.8 Å². The Balaban J connectivity index is 2.44. The van der Waals surface area contributed by atoms with Crippen molar-refractivity contribution in [1.82, 2.24) is 0 Å². The molecule has 0 aromatic rings. The van der Waals surface area contributed by atoms with Crippen LogP contribution in [-0.2, 0) is 23.8 Å². The Kier molecular flexibility index (Phi) is 5.48. The maximum Gasteiger partial charge on any atom is 0.305 e. The first-order valence-electron chi connectivity index (χ1n) is 6.07. The number of rotatable bonds is 5. The zero-order chi connectivity index (χ0) is 12.8. The Bertz CT molecular complexity index is 281. The number of carbonyl (C=O) groups excluding carboxylic acids is 2. The van der Waals surface area contributed by atoms with Crippen molar-refractivity contribution in [3.63, 3.8) is 0 Å². The zero-order valence-corrected chi connectivity index (χ0v) is 10.6. The Hall–Kier alpha value is -1.04. The van der Waals surface area contributed by atoms with Gasteiger partial charge in [0.15, 0.2) is 0 Å². The van der Waals surface area contributed by atoms with Gasteiger partial charge in [-0.25, -0.2) is 0 Å². The van der Waals surface area contributed by atoms with E-state index in [1.54, 1.807) is 13.8 Å². The first-order chi connectivity index (χ1) is 8.06. The fourth-order valence-corrected chi connectivity index (χ4v) is 1.72. The lowest BCUT2D eigenvalue weighted by Crippen LogP contribution is -2.31. The highest BCUT2D eigenvalue weighted by atomic mass is 16.6. The highest BCUT2D eigenvalue weighted by Crippen LogP contribution is 2.22. The van der Waals surface area contributed by atoms with E-state index in [0.717, 1.165) is 0 Å². The summed E-state index contributed by atoms with van der Waals surface area (Å²) >= 11 is 0. The molecule has 0 aromatic carbocycles. The van der Waals surface area contributed by atoms with Gasteiger partial charge in [-0.2, -0.15) is 0 Å². The van der Waals surface area contributed by atoms with Gasteiger partial charge >= 0.3 is 11.9 Å². The van der Waals surface area contributed by atoms with E-state index in [1.165, 1.54) is 0 Å². The molecule has 17 heavy (non-hydrogen) atoms. The van der Waals surface area contributed by atoms with Crippen molar-refractivity contribution in [2.24, 2.45) is 0 Å². The Labute approximate surface area is 102 Å².